The number of allylic oxidation sites excluding steroid dienone is 1. The van der Waals surface area contributed by atoms with Gasteiger partial charge in [-0.05, 0) is 42.8 Å². The maximum Gasteiger partial charge on any atom is 0.161 e. The minimum atomic E-state index is 0.441. The van der Waals surface area contributed by atoms with Gasteiger partial charge in [0.2, 0.25) is 0 Å². The Bertz CT molecular complexity index is 1070. The van der Waals surface area contributed by atoms with Crippen molar-refractivity contribution in [1.82, 2.24) is 4.98 Å². The van der Waals surface area contributed by atoms with Crippen LogP contribution >= 0.6 is 22.9 Å². The van der Waals surface area contributed by atoms with E-state index in [0.717, 1.165) is 22.5 Å². The van der Waals surface area contributed by atoms with Crippen LogP contribution in [0.2, 0.25) is 5.02 Å². The highest BCUT2D eigenvalue weighted by Crippen LogP contribution is 2.33. The molecule has 1 aromatic heterocycles. The van der Waals surface area contributed by atoms with Crippen LogP contribution in [-0.2, 0) is 0 Å². The molecule has 0 saturated heterocycles. The molecule has 0 fully saturated rings. The van der Waals surface area contributed by atoms with Crippen LogP contribution in [-0.4, -0.2) is 19.2 Å². The van der Waals surface area contributed by atoms with E-state index >= 15 is 0 Å². The number of halogens is 1. The zero-order valence-corrected chi connectivity index (χ0v) is 17.2. The molecule has 0 spiro atoms. The minimum Gasteiger partial charge on any atom is -0.493 e. The predicted molar refractivity (Wildman–Crippen MR) is 114 cm³/mol. The summed E-state index contributed by atoms with van der Waals surface area (Å²) in [4.78, 5) is 4.60. The highest BCUT2D eigenvalue weighted by atomic mass is 35.5. The van der Waals surface area contributed by atoms with E-state index < -0.39 is 0 Å². The highest BCUT2D eigenvalue weighted by Gasteiger charge is 2.12. The van der Waals surface area contributed by atoms with E-state index in [1.54, 1.807) is 20.4 Å². The molecule has 0 unspecified atom stereocenters. The summed E-state index contributed by atoms with van der Waals surface area (Å²) in [7, 11) is 3.19. The third-order valence-corrected chi connectivity index (χ3v) is 5.46. The van der Waals surface area contributed by atoms with E-state index in [2.05, 4.69) is 16.4 Å². The lowest BCUT2D eigenvalue weighted by atomic mass is 10.1. The fraction of sp³-hybridized carbons (Fsp3) is 0.143. The standard InChI is InChI=1S/C21H18ClN3O2S/c1-13-16(22)5-4-6-17(13)24-11-15(10-23)21-25-18(12-28-21)14-7-8-19(26-2)20(9-14)27-3/h4-9,11-12,24H,1-3H3. The Morgan fingerprint density at radius 2 is 2.00 bits per heavy atom. The first kappa shape index (κ1) is 19.7. The Hall–Kier alpha value is -3.01. The molecule has 0 bridgehead atoms. The van der Waals surface area contributed by atoms with Crippen molar-refractivity contribution in [3.8, 4) is 28.8 Å². The van der Waals surface area contributed by atoms with Crippen molar-refractivity contribution in [1.29, 1.82) is 5.26 Å². The summed E-state index contributed by atoms with van der Waals surface area (Å²) in [6.45, 7) is 1.92. The van der Waals surface area contributed by atoms with Crippen LogP contribution in [0.5, 0.6) is 11.5 Å². The fourth-order valence-corrected chi connectivity index (χ4v) is 3.55. The first-order valence-electron chi connectivity index (χ1n) is 8.37. The van der Waals surface area contributed by atoms with Crippen molar-refractivity contribution in [2.45, 2.75) is 6.92 Å². The van der Waals surface area contributed by atoms with E-state index in [1.165, 1.54) is 11.3 Å². The summed E-state index contributed by atoms with van der Waals surface area (Å²) < 4.78 is 10.6. The number of hydrogen-bond acceptors (Lipinski definition) is 6. The number of benzene rings is 2. The van der Waals surface area contributed by atoms with Gasteiger partial charge in [0, 0.05) is 27.9 Å². The average Bonchev–Trinajstić information content (AvgIpc) is 3.21. The summed E-state index contributed by atoms with van der Waals surface area (Å²) in [5.74, 6) is 1.28. The number of nitrogens with one attached hydrogen (secondary N) is 1. The molecule has 0 aliphatic rings. The number of thiazole rings is 1. The van der Waals surface area contributed by atoms with Gasteiger partial charge in [0.1, 0.15) is 16.6 Å². The molecule has 0 saturated carbocycles. The van der Waals surface area contributed by atoms with Crippen molar-refractivity contribution in [2.75, 3.05) is 19.5 Å². The van der Waals surface area contributed by atoms with Crippen LogP contribution < -0.4 is 14.8 Å². The Morgan fingerprint density at radius 1 is 1.21 bits per heavy atom. The molecular weight excluding hydrogens is 394 g/mol. The molecule has 1 heterocycles. The van der Waals surface area contributed by atoms with E-state index in [-0.39, 0.29) is 0 Å². The van der Waals surface area contributed by atoms with Crippen molar-refractivity contribution in [3.05, 3.63) is 63.6 Å². The number of aromatic nitrogens is 1. The predicted octanol–water partition coefficient (Wildman–Crippen LogP) is 5.77. The highest BCUT2D eigenvalue weighted by molar-refractivity contribution is 7.11. The van der Waals surface area contributed by atoms with Gasteiger partial charge in [-0.15, -0.1) is 11.3 Å². The van der Waals surface area contributed by atoms with Gasteiger partial charge in [-0.2, -0.15) is 5.26 Å². The summed E-state index contributed by atoms with van der Waals surface area (Å²) in [6.07, 6.45) is 1.65. The molecule has 142 valence electrons. The van der Waals surface area contributed by atoms with Crippen LogP contribution in [0.15, 0.2) is 48.0 Å². The quantitative estimate of drug-likeness (QED) is 0.522. The summed E-state index contributed by atoms with van der Waals surface area (Å²) in [5, 5.41) is 15.9. The van der Waals surface area contributed by atoms with Gasteiger partial charge in [-0.3, -0.25) is 0 Å². The molecule has 1 N–H and O–H groups in total. The maximum atomic E-state index is 9.56. The Morgan fingerprint density at radius 3 is 2.71 bits per heavy atom. The molecule has 0 amide bonds. The van der Waals surface area contributed by atoms with Crippen molar-refractivity contribution >= 4 is 34.2 Å². The van der Waals surface area contributed by atoms with Gasteiger partial charge >= 0.3 is 0 Å². The topological polar surface area (TPSA) is 67.2 Å². The lowest BCUT2D eigenvalue weighted by Gasteiger charge is -2.08. The largest absolute Gasteiger partial charge is 0.493 e. The first-order chi connectivity index (χ1) is 13.6. The van der Waals surface area contributed by atoms with Gasteiger partial charge < -0.3 is 14.8 Å². The smallest absolute Gasteiger partial charge is 0.161 e. The number of nitrogens with zero attached hydrogens (tertiary/aromatic N) is 2. The number of ether oxygens (including phenoxy) is 2. The lowest BCUT2D eigenvalue weighted by molar-refractivity contribution is 0.355. The van der Waals surface area contributed by atoms with Crippen molar-refractivity contribution in [3.63, 3.8) is 0 Å². The molecule has 5 nitrogen and oxygen atoms in total. The fourth-order valence-electron chi connectivity index (χ4n) is 2.58. The van der Waals surface area contributed by atoms with Gasteiger partial charge in [0.25, 0.3) is 0 Å². The summed E-state index contributed by atoms with van der Waals surface area (Å²) in [5.41, 5.74) is 3.85. The number of nitriles is 1. The molecule has 3 aromatic rings. The molecule has 3 rings (SSSR count). The van der Waals surface area contributed by atoms with Crippen LogP contribution in [0, 0.1) is 18.3 Å². The number of hydrogen-bond donors (Lipinski definition) is 1. The van der Waals surface area contributed by atoms with Crippen LogP contribution in [0.25, 0.3) is 16.8 Å². The number of anilines is 1. The van der Waals surface area contributed by atoms with Gasteiger partial charge in [0.05, 0.1) is 19.9 Å². The minimum absolute atomic E-state index is 0.441. The monoisotopic (exact) mass is 411 g/mol. The first-order valence-corrected chi connectivity index (χ1v) is 9.63. The molecule has 28 heavy (non-hydrogen) atoms. The van der Waals surface area contributed by atoms with Gasteiger partial charge in [-0.25, -0.2) is 4.98 Å². The summed E-state index contributed by atoms with van der Waals surface area (Å²) >= 11 is 7.55. The average molecular weight is 412 g/mol. The van der Waals surface area contributed by atoms with Crippen molar-refractivity contribution < 1.29 is 9.47 Å². The van der Waals surface area contributed by atoms with Gasteiger partial charge in [0.15, 0.2) is 11.5 Å². The Kier molecular flexibility index (Phi) is 6.19. The van der Waals surface area contributed by atoms with Crippen LogP contribution in [0.4, 0.5) is 5.69 Å². The maximum absolute atomic E-state index is 9.56. The van der Waals surface area contributed by atoms with E-state index in [1.807, 2.05) is 48.7 Å². The number of methoxy groups -OCH3 is 2. The van der Waals surface area contributed by atoms with Crippen molar-refractivity contribution in [2.24, 2.45) is 0 Å². The second-order valence-corrected chi connectivity index (χ2v) is 7.10. The third-order valence-electron chi connectivity index (χ3n) is 4.17. The molecule has 0 aliphatic carbocycles. The zero-order valence-electron chi connectivity index (χ0n) is 15.6. The Labute approximate surface area is 172 Å². The molecule has 2 aromatic carbocycles. The molecule has 0 atom stereocenters. The molecule has 0 radical (unpaired) electrons. The third kappa shape index (κ3) is 4.11. The molecular formula is C21H18ClN3O2S. The second kappa shape index (κ2) is 8.79. The Balaban J connectivity index is 1.87. The van der Waals surface area contributed by atoms with E-state index in [9.17, 15) is 5.26 Å². The summed E-state index contributed by atoms with van der Waals surface area (Å²) in [6, 6.07) is 13.4. The van der Waals surface area contributed by atoms with Crippen LogP contribution in [0.3, 0.4) is 0 Å². The molecule has 0 aliphatic heterocycles. The van der Waals surface area contributed by atoms with E-state index in [4.69, 9.17) is 21.1 Å². The lowest BCUT2D eigenvalue weighted by Crippen LogP contribution is -1.94. The van der Waals surface area contributed by atoms with E-state index in [0.29, 0.717) is 27.1 Å². The SMILES string of the molecule is COc1ccc(-c2csc(C(C#N)=CNc3cccc(Cl)c3C)n2)cc1OC. The van der Waals surface area contributed by atoms with Crippen LogP contribution in [0.1, 0.15) is 10.6 Å². The normalized spacial score (nSPS) is 11.0. The second-order valence-electron chi connectivity index (χ2n) is 5.83. The number of rotatable bonds is 6. The molecule has 7 heteroatoms. The zero-order chi connectivity index (χ0) is 20.1. The van der Waals surface area contributed by atoms with Gasteiger partial charge in [-0.1, -0.05) is 17.7 Å².